The van der Waals surface area contributed by atoms with E-state index in [0.29, 0.717) is 10.6 Å². The minimum Gasteiger partial charge on any atom is -0.360 e. The molecule has 3 nitrogen and oxygen atoms in total. The van der Waals surface area contributed by atoms with Crippen molar-refractivity contribution in [1.29, 1.82) is 5.26 Å². The molecule has 0 unspecified atom stereocenters. The van der Waals surface area contributed by atoms with Crippen LogP contribution < -0.4 is 15.9 Å². The van der Waals surface area contributed by atoms with Crippen LogP contribution in [-0.4, -0.2) is 0 Å². The summed E-state index contributed by atoms with van der Waals surface area (Å²) in [5, 5.41) is 14.4. The third-order valence-corrected chi connectivity index (χ3v) is 7.08. The van der Waals surface area contributed by atoms with Gasteiger partial charge < -0.3 is 9.88 Å². The van der Waals surface area contributed by atoms with Gasteiger partial charge in [0.2, 0.25) is 0 Å². The maximum Gasteiger partial charge on any atom is 0.182 e. The predicted octanol–water partition coefficient (Wildman–Crippen LogP) is 4.79. The van der Waals surface area contributed by atoms with Gasteiger partial charge in [0.1, 0.15) is 11.4 Å². The van der Waals surface area contributed by atoms with Crippen LogP contribution in [0, 0.1) is 18.3 Å². The lowest BCUT2D eigenvalue weighted by molar-refractivity contribution is 0.591. The normalized spacial score (nSPS) is 11.6. The zero-order chi connectivity index (χ0) is 18.4. The second kappa shape index (κ2) is 7.87. The Morgan fingerprint density at radius 3 is 1.85 bits per heavy atom. The van der Waals surface area contributed by atoms with Gasteiger partial charge in [0.25, 0.3) is 0 Å². The van der Waals surface area contributed by atoms with Gasteiger partial charge in [0.15, 0.2) is 7.14 Å². The Morgan fingerprint density at radius 1 is 0.885 bits per heavy atom. The van der Waals surface area contributed by atoms with E-state index in [2.05, 4.69) is 11.4 Å². The van der Waals surface area contributed by atoms with E-state index in [-0.39, 0.29) is 5.31 Å². The first-order chi connectivity index (χ1) is 12.6. The fourth-order valence-corrected chi connectivity index (χ4v) is 5.12. The molecule has 26 heavy (non-hydrogen) atoms. The van der Waals surface area contributed by atoms with Crippen LogP contribution in [-0.2, 0) is 4.57 Å². The molecule has 0 saturated heterocycles. The maximum atomic E-state index is 14.1. The molecule has 0 radical (unpaired) electrons. The minimum atomic E-state index is -3.24. The van der Waals surface area contributed by atoms with Crippen molar-refractivity contribution in [3.8, 4) is 6.07 Å². The predicted molar refractivity (Wildman–Crippen MR) is 108 cm³/mol. The van der Waals surface area contributed by atoms with Gasteiger partial charge in [0, 0.05) is 22.5 Å². The van der Waals surface area contributed by atoms with Crippen LogP contribution >= 0.6 is 7.14 Å². The van der Waals surface area contributed by atoms with Crippen molar-refractivity contribution in [2.75, 3.05) is 5.32 Å². The van der Waals surface area contributed by atoms with E-state index in [9.17, 15) is 9.83 Å². The molecular weight excluding hydrogens is 339 g/mol. The Kier molecular flexibility index (Phi) is 5.37. The smallest absolute Gasteiger partial charge is 0.182 e. The fraction of sp³-hybridized carbons (Fsp3) is 0.0455. The van der Waals surface area contributed by atoms with Crippen molar-refractivity contribution in [2.45, 2.75) is 6.92 Å². The van der Waals surface area contributed by atoms with Gasteiger partial charge in [0.05, 0.1) is 0 Å². The summed E-state index contributed by atoms with van der Waals surface area (Å²) in [4.78, 5) is 0. The van der Waals surface area contributed by atoms with Crippen molar-refractivity contribution >= 4 is 23.4 Å². The van der Waals surface area contributed by atoms with Gasteiger partial charge in [-0.3, -0.25) is 0 Å². The maximum absolute atomic E-state index is 14.1. The first kappa shape index (κ1) is 17.7. The molecule has 0 bridgehead atoms. The first-order valence-electron chi connectivity index (χ1n) is 8.30. The van der Waals surface area contributed by atoms with Crippen LogP contribution in [0.3, 0.4) is 0 Å². The average Bonchev–Trinajstić information content (AvgIpc) is 2.71. The molecule has 0 aliphatic carbocycles. The largest absolute Gasteiger partial charge is 0.360 e. The molecule has 0 spiro atoms. The summed E-state index contributed by atoms with van der Waals surface area (Å²) >= 11 is 0. The lowest BCUT2D eigenvalue weighted by atomic mass is 10.2. The average molecular weight is 358 g/mol. The summed E-state index contributed by atoms with van der Waals surface area (Å²) in [6.07, 6.45) is 1.56. The van der Waals surface area contributed by atoms with Crippen molar-refractivity contribution in [3.63, 3.8) is 0 Å². The first-order valence-corrected chi connectivity index (χ1v) is 10.0. The lowest BCUT2D eigenvalue weighted by Crippen LogP contribution is -2.17. The molecule has 0 aromatic heterocycles. The second-order valence-electron chi connectivity index (χ2n) is 5.93. The van der Waals surface area contributed by atoms with Crippen LogP contribution in [0.15, 0.2) is 96.4 Å². The van der Waals surface area contributed by atoms with Crippen LogP contribution in [0.5, 0.6) is 0 Å². The van der Waals surface area contributed by atoms with Crippen molar-refractivity contribution < 1.29 is 4.57 Å². The number of benzene rings is 3. The topological polar surface area (TPSA) is 52.9 Å². The number of hydrogen-bond acceptors (Lipinski definition) is 3. The summed E-state index contributed by atoms with van der Waals surface area (Å²) < 4.78 is 14.1. The number of nitriles is 1. The Morgan fingerprint density at radius 2 is 1.38 bits per heavy atom. The van der Waals surface area contributed by atoms with E-state index in [4.69, 9.17) is 0 Å². The van der Waals surface area contributed by atoms with Crippen molar-refractivity contribution in [2.24, 2.45) is 0 Å². The third-order valence-electron chi connectivity index (χ3n) is 4.12. The number of anilines is 1. The quantitative estimate of drug-likeness (QED) is 0.527. The van der Waals surface area contributed by atoms with E-state index in [1.165, 1.54) is 0 Å². The van der Waals surface area contributed by atoms with Crippen molar-refractivity contribution in [3.05, 3.63) is 102 Å². The highest BCUT2D eigenvalue weighted by molar-refractivity contribution is 7.82. The third kappa shape index (κ3) is 3.61. The molecule has 1 N–H and O–H groups in total. The molecule has 0 fully saturated rings. The van der Waals surface area contributed by atoms with Gasteiger partial charge in [-0.1, -0.05) is 78.4 Å². The van der Waals surface area contributed by atoms with Crippen LogP contribution in [0.1, 0.15) is 5.56 Å². The van der Waals surface area contributed by atoms with Crippen LogP contribution in [0.4, 0.5) is 5.69 Å². The lowest BCUT2D eigenvalue weighted by Gasteiger charge is -2.18. The van der Waals surface area contributed by atoms with E-state index in [1.807, 2.05) is 91.9 Å². The Labute approximate surface area is 154 Å². The zero-order valence-corrected chi connectivity index (χ0v) is 15.4. The van der Waals surface area contributed by atoms with E-state index >= 15 is 0 Å². The molecule has 3 rings (SSSR count). The number of allylic oxidation sites excluding steroid dienone is 1. The molecule has 0 aliphatic rings. The van der Waals surface area contributed by atoms with Gasteiger partial charge in [-0.05, 0) is 19.1 Å². The molecule has 0 atom stereocenters. The SMILES string of the molecule is Cc1ccc(N/C=C(\C#N)P(=O)(c2ccccc2)c2ccccc2)cc1. The summed E-state index contributed by atoms with van der Waals surface area (Å²) in [5.41, 5.74) is 2.00. The highest BCUT2D eigenvalue weighted by atomic mass is 31.2. The Balaban J connectivity index is 2.08. The summed E-state index contributed by atoms with van der Waals surface area (Å²) in [6.45, 7) is 2.01. The molecular formula is C22H19N2OP. The summed E-state index contributed by atoms with van der Waals surface area (Å²) in [5.74, 6) is 0. The molecule has 0 aliphatic heterocycles. The van der Waals surface area contributed by atoms with Gasteiger partial charge in [-0.15, -0.1) is 0 Å². The molecule has 3 aromatic rings. The summed E-state index contributed by atoms with van der Waals surface area (Å²) in [6, 6.07) is 28.3. The highest BCUT2D eigenvalue weighted by Crippen LogP contribution is 2.51. The molecule has 4 heteroatoms. The second-order valence-corrected chi connectivity index (χ2v) is 8.67. The molecule has 0 saturated carbocycles. The minimum absolute atomic E-state index is 0.218. The molecule has 0 amide bonds. The van der Waals surface area contributed by atoms with E-state index in [1.54, 1.807) is 6.20 Å². The molecule has 0 heterocycles. The van der Waals surface area contributed by atoms with Crippen molar-refractivity contribution in [1.82, 2.24) is 0 Å². The van der Waals surface area contributed by atoms with E-state index < -0.39 is 7.14 Å². The standard InChI is InChI=1S/C22H19N2OP/c1-18-12-14-19(15-13-18)24-17-22(16-23)26(25,20-8-4-2-5-9-20)21-10-6-3-7-11-21/h2-15,17,24H,1H3/b22-17+. The van der Waals surface area contributed by atoms with Gasteiger partial charge in [-0.25, -0.2) is 0 Å². The monoisotopic (exact) mass is 358 g/mol. The number of nitrogens with zero attached hydrogens (tertiary/aromatic N) is 1. The Bertz CT molecular complexity index is 944. The molecule has 3 aromatic carbocycles. The van der Waals surface area contributed by atoms with Crippen LogP contribution in [0.2, 0.25) is 0 Å². The highest BCUT2D eigenvalue weighted by Gasteiger charge is 2.32. The fourth-order valence-electron chi connectivity index (χ4n) is 2.70. The van der Waals surface area contributed by atoms with E-state index in [0.717, 1.165) is 11.3 Å². The van der Waals surface area contributed by atoms with Crippen LogP contribution in [0.25, 0.3) is 0 Å². The summed E-state index contributed by atoms with van der Waals surface area (Å²) in [7, 11) is -3.24. The van der Waals surface area contributed by atoms with Gasteiger partial charge in [-0.2, -0.15) is 5.26 Å². The zero-order valence-electron chi connectivity index (χ0n) is 14.5. The number of hydrogen-bond donors (Lipinski definition) is 1. The number of aryl methyl sites for hydroxylation is 1. The molecule has 128 valence electrons. The van der Waals surface area contributed by atoms with Gasteiger partial charge >= 0.3 is 0 Å². The Hall–Kier alpha value is -3.08. The number of rotatable bonds is 5. The number of nitrogens with one attached hydrogen (secondary N) is 1.